The molecule has 0 aliphatic carbocycles. The average molecular weight is 552 g/mol. The van der Waals surface area contributed by atoms with Crippen molar-refractivity contribution in [2.75, 3.05) is 13.1 Å². The van der Waals surface area contributed by atoms with E-state index in [2.05, 4.69) is 62.2 Å². The molecule has 1 atom stereocenters. The van der Waals surface area contributed by atoms with Crippen molar-refractivity contribution < 1.29 is 18.5 Å². The van der Waals surface area contributed by atoms with Crippen LogP contribution in [0.2, 0.25) is 13.1 Å². The average Bonchev–Trinajstić information content (AvgIpc) is 3.28. The van der Waals surface area contributed by atoms with Gasteiger partial charge in [-0.15, -0.1) is 0 Å². The standard InChI is InChI=1S/C31H45N3O4Si/c1-30(2,3)28(38-39(7)8)26-23(22-10-9-17-32-20-22)12-13-24-25(33-37-27(24)26)14-11-21-15-18-34(19-16-21)29(35)36-31(4,5)6/h9-10,12-13,17,20-21,28,39H,11,14-16,18-19H2,1-8H3. The van der Waals surface area contributed by atoms with Gasteiger partial charge in [0, 0.05) is 42.0 Å². The van der Waals surface area contributed by atoms with Crippen molar-refractivity contribution in [3.05, 3.63) is 47.9 Å². The Hall–Kier alpha value is -2.71. The van der Waals surface area contributed by atoms with Gasteiger partial charge in [-0.25, -0.2) is 4.79 Å². The van der Waals surface area contributed by atoms with Crippen molar-refractivity contribution in [2.45, 2.75) is 92.0 Å². The summed E-state index contributed by atoms with van der Waals surface area (Å²) in [5, 5.41) is 5.64. The van der Waals surface area contributed by atoms with Crippen molar-refractivity contribution in [1.29, 1.82) is 0 Å². The van der Waals surface area contributed by atoms with Crippen LogP contribution in [0.3, 0.4) is 0 Å². The molecule has 1 unspecified atom stereocenters. The Morgan fingerprint density at radius 1 is 1.13 bits per heavy atom. The molecule has 1 aromatic carbocycles. The molecular weight excluding hydrogens is 506 g/mol. The number of pyridine rings is 1. The molecule has 4 rings (SSSR count). The monoisotopic (exact) mass is 551 g/mol. The van der Waals surface area contributed by atoms with E-state index in [9.17, 15) is 4.79 Å². The number of carbonyl (C=O) groups is 1. The first-order valence-corrected chi connectivity index (χ1v) is 17.1. The minimum Gasteiger partial charge on any atom is -0.444 e. The van der Waals surface area contributed by atoms with Gasteiger partial charge in [-0.05, 0) is 88.6 Å². The summed E-state index contributed by atoms with van der Waals surface area (Å²) in [7, 11) is -1.36. The molecular formula is C31H45N3O4Si. The topological polar surface area (TPSA) is 77.7 Å². The number of aromatic nitrogens is 2. The molecule has 1 fully saturated rings. The minimum absolute atomic E-state index is 0.124. The number of hydrogen-bond donors (Lipinski definition) is 0. The summed E-state index contributed by atoms with van der Waals surface area (Å²) in [6.45, 7) is 18.3. The van der Waals surface area contributed by atoms with Crippen LogP contribution in [0.4, 0.5) is 4.79 Å². The summed E-state index contributed by atoms with van der Waals surface area (Å²) >= 11 is 0. The van der Waals surface area contributed by atoms with E-state index < -0.39 is 14.6 Å². The number of fused-ring (bicyclic) bond motifs is 1. The molecule has 2 aromatic heterocycles. The molecule has 1 amide bonds. The number of aryl methyl sites for hydroxylation is 1. The zero-order chi connectivity index (χ0) is 28.4. The highest BCUT2D eigenvalue weighted by molar-refractivity contribution is 6.48. The van der Waals surface area contributed by atoms with Gasteiger partial charge in [0.25, 0.3) is 0 Å². The Morgan fingerprint density at radius 3 is 2.44 bits per heavy atom. The van der Waals surface area contributed by atoms with Crippen LogP contribution in [0.25, 0.3) is 22.1 Å². The summed E-state index contributed by atoms with van der Waals surface area (Å²) < 4.78 is 18.4. The molecule has 0 radical (unpaired) electrons. The fourth-order valence-electron chi connectivity index (χ4n) is 5.34. The second kappa shape index (κ2) is 11.8. The molecule has 0 N–H and O–H groups in total. The number of benzene rings is 1. The third-order valence-electron chi connectivity index (χ3n) is 7.24. The number of carbonyl (C=O) groups excluding carboxylic acids is 1. The van der Waals surface area contributed by atoms with E-state index in [0.717, 1.165) is 72.1 Å². The molecule has 0 bridgehead atoms. The van der Waals surface area contributed by atoms with E-state index in [1.54, 1.807) is 6.20 Å². The molecule has 7 nitrogen and oxygen atoms in total. The Bertz CT molecular complexity index is 1250. The Balaban J connectivity index is 1.57. The molecule has 1 aliphatic heterocycles. The third kappa shape index (κ3) is 7.28. The first kappa shape index (κ1) is 29.3. The van der Waals surface area contributed by atoms with Crippen LogP contribution < -0.4 is 0 Å². The lowest BCUT2D eigenvalue weighted by Gasteiger charge is -2.34. The SMILES string of the molecule is C[SiH](C)OC(c1c(-c2cccnc2)ccc2c(CCC3CCN(C(=O)OC(C)(C)C)CC3)noc12)C(C)(C)C. The van der Waals surface area contributed by atoms with Crippen LogP contribution in [-0.2, 0) is 15.6 Å². The van der Waals surface area contributed by atoms with E-state index in [1.807, 2.05) is 37.9 Å². The van der Waals surface area contributed by atoms with E-state index >= 15 is 0 Å². The Morgan fingerprint density at radius 2 is 1.85 bits per heavy atom. The maximum Gasteiger partial charge on any atom is 0.410 e. The van der Waals surface area contributed by atoms with Crippen molar-refractivity contribution in [1.82, 2.24) is 15.0 Å². The first-order valence-electron chi connectivity index (χ1n) is 14.3. The van der Waals surface area contributed by atoms with Gasteiger partial charge in [0.05, 0.1) is 11.8 Å². The van der Waals surface area contributed by atoms with E-state index in [4.69, 9.17) is 13.7 Å². The van der Waals surface area contributed by atoms with Gasteiger partial charge in [0.2, 0.25) is 0 Å². The van der Waals surface area contributed by atoms with Crippen molar-refractivity contribution in [3.63, 3.8) is 0 Å². The molecule has 3 aromatic rings. The number of amides is 1. The predicted molar refractivity (Wildman–Crippen MR) is 158 cm³/mol. The highest BCUT2D eigenvalue weighted by Gasteiger charge is 2.34. The van der Waals surface area contributed by atoms with Crippen LogP contribution in [0.15, 0.2) is 41.2 Å². The van der Waals surface area contributed by atoms with Crippen LogP contribution in [0.1, 0.15) is 78.2 Å². The maximum atomic E-state index is 12.4. The molecule has 1 saturated heterocycles. The highest BCUT2D eigenvalue weighted by Crippen LogP contribution is 2.45. The summed E-state index contributed by atoms with van der Waals surface area (Å²) in [6.07, 6.45) is 7.18. The summed E-state index contributed by atoms with van der Waals surface area (Å²) in [5.74, 6) is 0.544. The smallest absolute Gasteiger partial charge is 0.410 e. The summed E-state index contributed by atoms with van der Waals surface area (Å²) in [4.78, 5) is 18.6. The van der Waals surface area contributed by atoms with Gasteiger partial charge in [-0.1, -0.05) is 38.1 Å². The zero-order valence-corrected chi connectivity index (χ0v) is 26.1. The normalized spacial score (nSPS) is 16.2. The number of hydrogen-bond acceptors (Lipinski definition) is 6. The second-order valence-corrected chi connectivity index (χ2v) is 15.5. The van der Waals surface area contributed by atoms with E-state index in [0.29, 0.717) is 5.92 Å². The van der Waals surface area contributed by atoms with Crippen molar-refractivity contribution in [2.24, 2.45) is 11.3 Å². The summed E-state index contributed by atoms with van der Waals surface area (Å²) in [5.41, 5.74) is 4.42. The van der Waals surface area contributed by atoms with Crippen LogP contribution in [-0.4, -0.2) is 48.9 Å². The zero-order valence-electron chi connectivity index (χ0n) is 24.9. The maximum absolute atomic E-state index is 12.4. The van der Waals surface area contributed by atoms with Gasteiger partial charge in [-0.2, -0.15) is 0 Å². The lowest BCUT2D eigenvalue weighted by atomic mass is 9.81. The van der Waals surface area contributed by atoms with Gasteiger partial charge >= 0.3 is 6.09 Å². The second-order valence-electron chi connectivity index (χ2n) is 13.2. The van der Waals surface area contributed by atoms with Gasteiger partial charge < -0.3 is 18.6 Å². The molecule has 212 valence electrons. The quantitative estimate of drug-likeness (QED) is 0.282. The number of rotatable bonds is 7. The molecule has 8 heteroatoms. The largest absolute Gasteiger partial charge is 0.444 e. The first-order chi connectivity index (χ1) is 18.3. The molecule has 3 heterocycles. The number of nitrogens with zero attached hydrogens (tertiary/aromatic N) is 3. The van der Waals surface area contributed by atoms with Crippen LogP contribution in [0, 0.1) is 11.3 Å². The van der Waals surface area contributed by atoms with Gasteiger partial charge in [0.15, 0.2) is 14.6 Å². The lowest BCUT2D eigenvalue weighted by molar-refractivity contribution is 0.0181. The number of likely N-dealkylation sites (tertiary alicyclic amines) is 1. The molecule has 1 aliphatic rings. The van der Waals surface area contributed by atoms with Crippen molar-refractivity contribution in [3.8, 4) is 11.1 Å². The Labute approximate surface area is 235 Å². The molecule has 39 heavy (non-hydrogen) atoms. The van der Waals surface area contributed by atoms with Crippen molar-refractivity contribution >= 4 is 26.1 Å². The van der Waals surface area contributed by atoms with Gasteiger partial charge in [-0.3, -0.25) is 4.98 Å². The van der Waals surface area contributed by atoms with Crippen LogP contribution in [0.5, 0.6) is 0 Å². The minimum atomic E-state index is -1.36. The molecule has 0 spiro atoms. The number of ether oxygens (including phenoxy) is 1. The third-order valence-corrected chi connectivity index (χ3v) is 8.06. The van der Waals surface area contributed by atoms with E-state index in [1.165, 1.54) is 0 Å². The van der Waals surface area contributed by atoms with E-state index in [-0.39, 0.29) is 17.6 Å². The molecule has 0 saturated carbocycles. The lowest BCUT2D eigenvalue weighted by Crippen LogP contribution is -2.41. The van der Waals surface area contributed by atoms with Crippen LogP contribution >= 0.6 is 0 Å². The summed E-state index contributed by atoms with van der Waals surface area (Å²) in [6, 6.07) is 8.38. The number of piperidine rings is 1. The van der Waals surface area contributed by atoms with Gasteiger partial charge in [0.1, 0.15) is 5.60 Å². The predicted octanol–water partition coefficient (Wildman–Crippen LogP) is 7.56. The highest BCUT2D eigenvalue weighted by atomic mass is 28.3. The Kier molecular flexibility index (Phi) is 8.86. The fraction of sp³-hybridized carbons (Fsp3) is 0.581. The fourth-order valence-corrected chi connectivity index (χ4v) is 6.43.